The van der Waals surface area contributed by atoms with Gasteiger partial charge >= 0.3 is 0 Å². The van der Waals surface area contributed by atoms with Gasteiger partial charge in [-0.25, -0.2) is 9.97 Å². The van der Waals surface area contributed by atoms with Crippen molar-refractivity contribution in [2.45, 2.75) is 24.7 Å². The van der Waals surface area contributed by atoms with Crippen molar-refractivity contribution in [3.8, 4) is 0 Å². The molecule has 2 fully saturated rings. The van der Waals surface area contributed by atoms with Crippen LogP contribution in [-0.4, -0.2) is 43.3 Å². The van der Waals surface area contributed by atoms with Gasteiger partial charge in [0.1, 0.15) is 11.6 Å². The van der Waals surface area contributed by atoms with Gasteiger partial charge in [0, 0.05) is 37.9 Å². The molecule has 0 unspecified atom stereocenters. The summed E-state index contributed by atoms with van der Waals surface area (Å²) in [5.41, 5.74) is 2.62. The zero-order valence-electron chi connectivity index (χ0n) is 14.1. The number of hydrogen-bond acceptors (Lipinski definition) is 5. The second-order valence-corrected chi connectivity index (χ2v) is 6.61. The molecule has 2 aromatic rings. The molecule has 0 radical (unpaired) electrons. The molecular weight excluding hydrogens is 300 g/mol. The molecule has 126 valence electrons. The molecule has 0 aromatic carbocycles. The van der Waals surface area contributed by atoms with E-state index in [9.17, 15) is 0 Å². The molecule has 1 saturated heterocycles. The van der Waals surface area contributed by atoms with Crippen molar-refractivity contribution >= 4 is 11.6 Å². The van der Waals surface area contributed by atoms with Crippen LogP contribution in [0.5, 0.6) is 0 Å². The van der Waals surface area contributed by atoms with Gasteiger partial charge in [-0.05, 0) is 48.6 Å². The molecule has 1 saturated carbocycles. The highest BCUT2D eigenvalue weighted by molar-refractivity contribution is 5.42. The summed E-state index contributed by atoms with van der Waals surface area (Å²) < 4.78 is 5.43. The minimum atomic E-state index is 0.571. The van der Waals surface area contributed by atoms with Crippen molar-refractivity contribution < 1.29 is 4.74 Å². The molecule has 3 heterocycles. The first-order chi connectivity index (χ1) is 11.8. The van der Waals surface area contributed by atoms with Gasteiger partial charge in [0.25, 0.3) is 0 Å². The molecule has 0 amide bonds. The fourth-order valence-electron chi connectivity index (χ4n) is 3.60. The van der Waals surface area contributed by atoms with Crippen molar-refractivity contribution in [2.75, 3.05) is 43.6 Å². The van der Waals surface area contributed by atoms with Crippen molar-refractivity contribution in [3.05, 3.63) is 47.8 Å². The van der Waals surface area contributed by atoms with Gasteiger partial charge in [0.05, 0.1) is 13.2 Å². The standard InChI is InChI=1S/C19H24N4O/c1-20-18-13-14(5-6-21-18)15-11-16(12-15)17-3-2-4-19(22-17)23-7-9-24-10-8-23/h2-6,13,15-16H,7-12H2,1H3,(H,20,21). The average molecular weight is 324 g/mol. The number of morpholine rings is 1. The Morgan fingerprint density at radius 2 is 1.96 bits per heavy atom. The molecule has 2 aliphatic rings. The van der Waals surface area contributed by atoms with E-state index in [2.05, 4.69) is 45.5 Å². The lowest BCUT2D eigenvalue weighted by atomic mass is 9.70. The molecular formula is C19H24N4O. The van der Waals surface area contributed by atoms with Crippen LogP contribution in [-0.2, 0) is 4.74 Å². The molecule has 5 heteroatoms. The van der Waals surface area contributed by atoms with E-state index in [4.69, 9.17) is 9.72 Å². The van der Waals surface area contributed by atoms with E-state index in [0.29, 0.717) is 11.8 Å². The van der Waals surface area contributed by atoms with E-state index < -0.39 is 0 Å². The van der Waals surface area contributed by atoms with E-state index in [0.717, 1.165) is 37.9 Å². The molecule has 1 aliphatic heterocycles. The summed E-state index contributed by atoms with van der Waals surface area (Å²) in [7, 11) is 1.91. The second kappa shape index (κ2) is 6.77. The first-order valence-corrected chi connectivity index (χ1v) is 8.77. The Hall–Kier alpha value is -2.14. The summed E-state index contributed by atoms with van der Waals surface area (Å²) in [6.45, 7) is 3.47. The van der Waals surface area contributed by atoms with Crippen LogP contribution < -0.4 is 10.2 Å². The zero-order valence-corrected chi connectivity index (χ0v) is 14.1. The summed E-state index contributed by atoms with van der Waals surface area (Å²) >= 11 is 0. The Kier molecular flexibility index (Phi) is 4.34. The highest BCUT2D eigenvalue weighted by Gasteiger charge is 2.32. The van der Waals surface area contributed by atoms with Crippen LogP contribution >= 0.6 is 0 Å². The molecule has 4 rings (SSSR count). The fourth-order valence-corrected chi connectivity index (χ4v) is 3.60. The summed E-state index contributed by atoms with van der Waals surface area (Å²) in [4.78, 5) is 11.6. The number of nitrogens with zero attached hydrogens (tertiary/aromatic N) is 3. The number of rotatable bonds is 4. The molecule has 1 aliphatic carbocycles. The molecule has 5 nitrogen and oxygen atoms in total. The van der Waals surface area contributed by atoms with Crippen LogP contribution in [0.3, 0.4) is 0 Å². The van der Waals surface area contributed by atoms with Crippen LogP contribution in [0.1, 0.15) is 35.9 Å². The maximum absolute atomic E-state index is 5.43. The molecule has 0 spiro atoms. The van der Waals surface area contributed by atoms with Gasteiger partial charge < -0.3 is 15.0 Å². The summed E-state index contributed by atoms with van der Waals surface area (Å²) in [5, 5.41) is 3.12. The minimum Gasteiger partial charge on any atom is -0.378 e. The van der Waals surface area contributed by atoms with E-state index in [1.807, 2.05) is 13.2 Å². The predicted octanol–water partition coefficient (Wildman–Crippen LogP) is 3.02. The van der Waals surface area contributed by atoms with Crippen molar-refractivity contribution in [1.29, 1.82) is 0 Å². The molecule has 2 aromatic heterocycles. The van der Waals surface area contributed by atoms with Gasteiger partial charge in [-0.15, -0.1) is 0 Å². The number of pyridine rings is 2. The number of hydrogen-bond donors (Lipinski definition) is 1. The van der Waals surface area contributed by atoms with Crippen molar-refractivity contribution in [2.24, 2.45) is 0 Å². The van der Waals surface area contributed by atoms with E-state index >= 15 is 0 Å². The Balaban J connectivity index is 1.43. The van der Waals surface area contributed by atoms with Gasteiger partial charge in [-0.1, -0.05) is 6.07 Å². The molecule has 24 heavy (non-hydrogen) atoms. The Morgan fingerprint density at radius 1 is 1.12 bits per heavy atom. The topological polar surface area (TPSA) is 50.3 Å². The second-order valence-electron chi connectivity index (χ2n) is 6.61. The lowest BCUT2D eigenvalue weighted by Crippen LogP contribution is -2.37. The SMILES string of the molecule is CNc1cc(C2CC(c3cccc(N4CCOCC4)n3)C2)ccn1. The number of aromatic nitrogens is 2. The van der Waals surface area contributed by atoms with E-state index in [1.165, 1.54) is 24.1 Å². The van der Waals surface area contributed by atoms with Gasteiger partial charge in [0.2, 0.25) is 0 Å². The number of nitrogens with one attached hydrogen (secondary N) is 1. The third kappa shape index (κ3) is 3.08. The maximum Gasteiger partial charge on any atom is 0.128 e. The quantitative estimate of drug-likeness (QED) is 0.937. The Morgan fingerprint density at radius 3 is 2.75 bits per heavy atom. The summed E-state index contributed by atoms with van der Waals surface area (Å²) in [6, 6.07) is 10.7. The maximum atomic E-state index is 5.43. The number of anilines is 2. The zero-order chi connectivity index (χ0) is 16.4. The minimum absolute atomic E-state index is 0.571. The first kappa shape index (κ1) is 15.4. The summed E-state index contributed by atoms with van der Waals surface area (Å²) in [5.74, 6) is 3.24. The monoisotopic (exact) mass is 324 g/mol. The van der Waals surface area contributed by atoms with Crippen LogP contribution in [0.25, 0.3) is 0 Å². The lowest BCUT2D eigenvalue weighted by molar-refractivity contribution is 0.122. The third-order valence-electron chi connectivity index (χ3n) is 5.16. The largest absolute Gasteiger partial charge is 0.378 e. The van der Waals surface area contributed by atoms with Crippen molar-refractivity contribution in [3.63, 3.8) is 0 Å². The highest BCUT2D eigenvalue weighted by Crippen LogP contribution is 2.47. The van der Waals surface area contributed by atoms with E-state index in [-0.39, 0.29) is 0 Å². The number of ether oxygens (including phenoxy) is 1. The van der Waals surface area contributed by atoms with Gasteiger partial charge in [0.15, 0.2) is 0 Å². The van der Waals surface area contributed by atoms with Crippen LogP contribution in [0, 0.1) is 0 Å². The lowest BCUT2D eigenvalue weighted by Gasteiger charge is -2.36. The third-order valence-corrected chi connectivity index (χ3v) is 5.16. The summed E-state index contributed by atoms with van der Waals surface area (Å²) in [6.07, 6.45) is 4.24. The predicted molar refractivity (Wildman–Crippen MR) is 95.8 cm³/mol. The average Bonchev–Trinajstić information content (AvgIpc) is 2.62. The van der Waals surface area contributed by atoms with Gasteiger partial charge in [-0.3, -0.25) is 0 Å². The van der Waals surface area contributed by atoms with Gasteiger partial charge in [-0.2, -0.15) is 0 Å². The Labute approximate surface area is 143 Å². The fraction of sp³-hybridized carbons (Fsp3) is 0.474. The van der Waals surface area contributed by atoms with Crippen molar-refractivity contribution in [1.82, 2.24) is 9.97 Å². The smallest absolute Gasteiger partial charge is 0.128 e. The Bertz CT molecular complexity index is 693. The van der Waals surface area contributed by atoms with E-state index in [1.54, 1.807) is 0 Å². The van der Waals surface area contributed by atoms with Crippen LogP contribution in [0.2, 0.25) is 0 Å². The van der Waals surface area contributed by atoms with Crippen LogP contribution in [0.4, 0.5) is 11.6 Å². The molecule has 0 bridgehead atoms. The first-order valence-electron chi connectivity index (χ1n) is 8.77. The van der Waals surface area contributed by atoms with Crippen LogP contribution in [0.15, 0.2) is 36.5 Å². The molecule has 0 atom stereocenters. The molecule has 1 N–H and O–H groups in total. The highest BCUT2D eigenvalue weighted by atomic mass is 16.5. The normalized spacial score (nSPS) is 23.6.